The van der Waals surface area contributed by atoms with Crippen LogP contribution in [0.4, 0.5) is 5.82 Å². The summed E-state index contributed by atoms with van der Waals surface area (Å²) in [5.41, 5.74) is 0. The Morgan fingerprint density at radius 1 is 1.09 bits per heavy atom. The Kier molecular flexibility index (Phi) is 4.28. The summed E-state index contributed by atoms with van der Waals surface area (Å²) in [6.07, 6.45) is 2.47. The molecular formula is C17H23N3OS. The Morgan fingerprint density at radius 2 is 1.86 bits per heavy atom. The van der Waals surface area contributed by atoms with Gasteiger partial charge < -0.3 is 9.64 Å². The molecule has 2 aliphatic heterocycles. The molecule has 3 heterocycles. The molecule has 4 nitrogen and oxygen atoms in total. The monoisotopic (exact) mass is 317 g/mol. The van der Waals surface area contributed by atoms with Crippen molar-refractivity contribution in [3.05, 3.63) is 24.3 Å². The summed E-state index contributed by atoms with van der Waals surface area (Å²) < 4.78 is 11.4. The van der Waals surface area contributed by atoms with Crippen molar-refractivity contribution in [1.29, 1.82) is 0 Å². The normalized spacial score (nSPS) is 21.5. The topological polar surface area (TPSA) is 28.6 Å². The maximum Gasteiger partial charge on any atom is 0.150 e. The number of nitrogens with zero attached hydrogens (tertiary/aromatic N) is 3. The smallest absolute Gasteiger partial charge is 0.150 e. The van der Waals surface area contributed by atoms with Gasteiger partial charge in [0.25, 0.3) is 0 Å². The van der Waals surface area contributed by atoms with Crippen LogP contribution in [0.15, 0.2) is 24.3 Å². The number of hydrogen-bond donors (Lipinski definition) is 0. The van der Waals surface area contributed by atoms with Gasteiger partial charge in [-0.2, -0.15) is 4.37 Å². The maximum atomic E-state index is 5.46. The molecule has 2 fully saturated rings. The summed E-state index contributed by atoms with van der Waals surface area (Å²) in [6, 6.07) is 8.57. The molecule has 0 N–H and O–H groups in total. The first-order valence-corrected chi connectivity index (χ1v) is 9.07. The molecule has 0 radical (unpaired) electrons. The number of fused-ring (bicyclic) bond motifs is 1. The van der Waals surface area contributed by atoms with Crippen molar-refractivity contribution in [1.82, 2.24) is 9.27 Å². The van der Waals surface area contributed by atoms with Crippen LogP contribution >= 0.6 is 11.5 Å². The highest BCUT2D eigenvalue weighted by Gasteiger charge is 2.23. The summed E-state index contributed by atoms with van der Waals surface area (Å²) in [5, 5.41) is 1.31. The van der Waals surface area contributed by atoms with Crippen LogP contribution in [0, 0.1) is 5.92 Å². The van der Waals surface area contributed by atoms with Crippen molar-refractivity contribution in [3.8, 4) is 0 Å². The molecule has 22 heavy (non-hydrogen) atoms. The first kappa shape index (κ1) is 14.4. The van der Waals surface area contributed by atoms with Crippen LogP contribution in [0.5, 0.6) is 0 Å². The lowest BCUT2D eigenvalue weighted by Gasteiger charge is -2.37. The number of aromatic nitrogens is 1. The van der Waals surface area contributed by atoms with E-state index < -0.39 is 0 Å². The molecule has 0 spiro atoms. The lowest BCUT2D eigenvalue weighted by atomic mass is 9.99. The van der Waals surface area contributed by atoms with Gasteiger partial charge in [0.1, 0.15) is 5.82 Å². The molecule has 2 aliphatic rings. The van der Waals surface area contributed by atoms with Crippen molar-refractivity contribution in [3.63, 3.8) is 0 Å². The first-order valence-electron chi connectivity index (χ1n) is 8.29. The zero-order valence-corrected chi connectivity index (χ0v) is 13.7. The van der Waals surface area contributed by atoms with Crippen LogP contribution in [0.3, 0.4) is 0 Å². The van der Waals surface area contributed by atoms with E-state index >= 15 is 0 Å². The minimum absolute atomic E-state index is 0.834. The van der Waals surface area contributed by atoms with Crippen LogP contribution in [0.1, 0.15) is 12.8 Å². The van der Waals surface area contributed by atoms with Crippen LogP contribution in [0.2, 0.25) is 0 Å². The molecule has 0 atom stereocenters. The summed E-state index contributed by atoms with van der Waals surface area (Å²) in [4.78, 5) is 5.08. The Labute approximate surface area is 135 Å². The lowest BCUT2D eigenvalue weighted by molar-refractivity contribution is 0.0517. The van der Waals surface area contributed by atoms with E-state index in [2.05, 4.69) is 34.1 Å². The average Bonchev–Trinajstić information content (AvgIpc) is 3.01. The summed E-state index contributed by atoms with van der Waals surface area (Å²) in [6.45, 7) is 7.65. The Bertz CT molecular complexity index is 615. The molecule has 1 aromatic carbocycles. The fourth-order valence-corrected chi connectivity index (χ4v) is 4.33. The highest BCUT2D eigenvalue weighted by molar-refractivity contribution is 7.13. The molecule has 2 aromatic rings. The van der Waals surface area contributed by atoms with Gasteiger partial charge in [0.05, 0.1) is 4.70 Å². The predicted molar refractivity (Wildman–Crippen MR) is 91.8 cm³/mol. The van der Waals surface area contributed by atoms with Gasteiger partial charge >= 0.3 is 0 Å². The number of anilines is 1. The zero-order valence-electron chi connectivity index (χ0n) is 12.9. The van der Waals surface area contributed by atoms with Crippen LogP contribution in [-0.2, 0) is 4.74 Å². The molecule has 4 rings (SSSR count). The van der Waals surface area contributed by atoms with Crippen molar-refractivity contribution >= 4 is 27.4 Å². The molecule has 0 aliphatic carbocycles. The second-order valence-corrected chi connectivity index (χ2v) is 7.15. The lowest BCUT2D eigenvalue weighted by Crippen LogP contribution is -2.48. The number of ether oxygens (including phenoxy) is 1. The fourth-order valence-electron chi connectivity index (χ4n) is 3.54. The first-order chi connectivity index (χ1) is 10.9. The Balaban J connectivity index is 1.37. The van der Waals surface area contributed by atoms with Gasteiger partial charge in [0, 0.05) is 51.3 Å². The van der Waals surface area contributed by atoms with E-state index in [0.717, 1.165) is 45.3 Å². The van der Waals surface area contributed by atoms with Gasteiger partial charge in [-0.05, 0) is 42.4 Å². The van der Waals surface area contributed by atoms with E-state index in [9.17, 15) is 0 Å². The second kappa shape index (κ2) is 6.52. The minimum Gasteiger partial charge on any atom is -0.381 e. The Hall–Kier alpha value is -1.17. The third kappa shape index (κ3) is 2.98. The maximum absolute atomic E-state index is 5.46. The average molecular weight is 317 g/mol. The summed E-state index contributed by atoms with van der Waals surface area (Å²) >= 11 is 1.62. The van der Waals surface area contributed by atoms with Crippen molar-refractivity contribution in [2.75, 3.05) is 50.8 Å². The molecule has 1 aromatic heterocycles. The molecule has 2 saturated heterocycles. The van der Waals surface area contributed by atoms with Crippen LogP contribution in [-0.4, -0.2) is 55.2 Å². The number of rotatable bonds is 3. The van der Waals surface area contributed by atoms with E-state index in [0.29, 0.717) is 0 Å². The second-order valence-electron chi connectivity index (χ2n) is 6.35. The molecular weight excluding hydrogens is 294 g/mol. The van der Waals surface area contributed by atoms with E-state index in [1.807, 2.05) is 0 Å². The quantitative estimate of drug-likeness (QED) is 0.870. The van der Waals surface area contributed by atoms with E-state index in [-0.39, 0.29) is 0 Å². The molecule has 118 valence electrons. The third-order valence-electron chi connectivity index (χ3n) is 4.89. The predicted octanol–water partition coefficient (Wildman–Crippen LogP) is 2.84. The van der Waals surface area contributed by atoms with Gasteiger partial charge in [0.15, 0.2) is 0 Å². The SMILES string of the molecule is c1ccc2c(N3CCN(CC4CCOCC4)CC3)nsc2c1. The van der Waals surface area contributed by atoms with E-state index in [1.165, 1.54) is 35.3 Å². The third-order valence-corrected chi connectivity index (χ3v) is 5.70. The van der Waals surface area contributed by atoms with Crippen molar-refractivity contribution in [2.24, 2.45) is 5.92 Å². The molecule has 0 unspecified atom stereocenters. The largest absolute Gasteiger partial charge is 0.381 e. The minimum atomic E-state index is 0.834. The fraction of sp³-hybridized carbons (Fsp3) is 0.588. The number of benzene rings is 1. The van der Waals surface area contributed by atoms with Crippen molar-refractivity contribution in [2.45, 2.75) is 12.8 Å². The van der Waals surface area contributed by atoms with Crippen molar-refractivity contribution < 1.29 is 4.74 Å². The highest BCUT2D eigenvalue weighted by Crippen LogP contribution is 2.30. The molecule has 0 amide bonds. The van der Waals surface area contributed by atoms with E-state index in [1.54, 1.807) is 11.5 Å². The molecule has 0 saturated carbocycles. The van der Waals surface area contributed by atoms with Gasteiger partial charge in [0.2, 0.25) is 0 Å². The van der Waals surface area contributed by atoms with Gasteiger partial charge in [-0.15, -0.1) is 0 Å². The van der Waals surface area contributed by atoms with Gasteiger partial charge in [-0.25, -0.2) is 0 Å². The molecule has 0 bridgehead atoms. The zero-order chi connectivity index (χ0) is 14.8. The highest BCUT2D eigenvalue weighted by atomic mass is 32.1. The number of hydrogen-bond acceptors (Lipinski definition) is 5. The van der Waals surface area contributed by atoms with Crippen LogP contribution in [0.25, 0.3) is 10.1 Å². The standard InChI is InChI=1S/C17H23N3OS/c1-2-4-16-15(3-1)17(18-22-16)20-9-7-19(8-10-20)13-14-5-11-21-12-6-14/h1-4,14H,5-13H2. The molecule has 5 heteroatoms. The van der Waals surface area contributed by atoms with Gasteiger partial charge in [-0.3, -0.25) is 4.90 Å². The van der Waals surface area contributed by atoms with Gasteiger partial charge in [-0.1, -0.05) is 12.1 Å². The summed E-state index contributed by atoms with van der Waals surface area (Å²) in [5.74, 6) is 2.02. The Morgan fingerprint density at radius 3 is 2.68 bits per heavy atom. The van der Waals surface area contributed by atoms with E-state index in [4.69, 9.17) is 9.11 Å². The number of piperazine rings is 1. The summed E-state index contributed by atoms with van der Waals surface area (Å²) in [7, 11) is 0. The van der Waals surface area contributed by atoms with Crippen LogP contribution < -0.4 is 4.90 Å².